The fourth-order valence-electron chi connectivity index (χ4n) is 0.895. The summed E-state index contributed by atoms with van der Waals surface area (Å²) in [5.41, 5.74) is 0.777. The fraction of sp³-hybridized carbons (Fsp3) is 0.375. The van der Waals surface area contributed by atoms with E-state index < -0.39 is 16.1 Å². The van der Waals surface area contributed by atoms with Crippen LogP contribution in [0.15, 0.2) is 12.3 Å². The lowest BCUT2D eigenvalue weighted by Gasteiger charge is -2.05. The van der Waals surface area contributed by atoms with Crippen molar-refractivity contribution < 1.29 is 17.0 Å². The Balaban J connectivity index is 2.87. The van der Waals surface area contributed by atoms with Crippen molar-refractivity contribution in [3.63, 3.8) is 0 Å². The third kappa shape index (κ3) is 3.04. The summed E-state index contributed by atoms with van der Waals surface area (Å²) in [4.78, 5) is 3.40. The van der Waals surface area contributed by atoms with Crippen molar-refractivity contribution in [1.82, 2.24) is 4.98 Å². The summed E-state index contributed by atoms with van der Waals surface area (Å²) < 4.78 is 38.8. The normalized spacial score (nSPS) is 11.6. The Morgan fingerprint density at radius 1 is 1.57 bits per heavy atom. The molecule has 0 aliphatic rings. The maximum Gasteiger partial charge on any atom is 0.264 e. The molecule has 14 heavy (non-hydrogen) atoms. The molecule has 1 rings (SSSR count). The topological polar surface area (TPSA) is 56.3 Å². The van der Waals surface area contributed by atoms with E-state index in [-0.39, 0.29) is 12.2 Å². The van der Waals surface area contributed by atoms with Crippen molar-refractivity contribution in [1.29, 1.82) is 0 Å². The zero-order chi connectivity index (χ0) is 10.8. The first kappa shape index (κ1) is 11.1. The van der Waals surface area contributed by atoms with Gasteiger partial charge in [0.1, 0.15) is 0 Å². The molecule has 4 nitrogen and oxygen atoms in total. The standard InChI is InChI=1S/C8H10FNO3S/c1-6-3-4-10-8(9)7(6)5-13-14(2,11)12/h3-4H,5H2,1-2H3. The van der Waals surface area contributed by atoms with Crippen LogP contribution in [0.5, 0.6) is 0 Å². The molecule has 0 aromatic carbocycles. The van der Waals surface area contributed by atoms with Gasteiger partial charge in [0.15, 0.2) is 0 Å². The number of hydrogen-bond donors (Lipinski definition) is 0. The minimum absolute atomic E-state index is 0.165. The third-order valence-corrected chi connectivity index (χ3v) is 2.20. The molecule has 1 heterocycles. The average Bonchev–Trinajstić information content (AvgIpc) is 2.01. The number of rotatable bonds is 3. The van der Waals surface area contributed by atoms with Crippen LogP contribution in [0.25, 0.3) is 0 Å². The number of aryl methyl sites for hydroxylation is 1. The predicted octanol–water partition coefficient (Wildman–Crippen LogP) is 1.01. The van der Waals surface area contributed by atoms with Gasteiger partial charge in [0.25, 0.3) is 10.1 Å². The Labute approximate surface area is 81.9 Å². The first-order chi connectivity index (χ1) is 6.40. The van der Waals surface area contributed by atoms with Crippen molar-refractivity contribution in [3.05, 3.63) is 29.3 Å². The van der Waals surface area contributed by atoms with Crippen molar-refractivity contribution in [2.75, 3.05) is 6.26 Å². The van der Waals surface area contributed by atoms with Crippen LogP contribution in [0, 0.1) is 12.9 Å². The number of nitrogens with zero attached hydrogens (tertiary/aromatic N) is 1. The Bertz CT molecular complexity index is 410. The van der Waals surface area contributed by atoms with Gasteiger partial charge in [0.05, 0.1) is 12.9 Å². The van der Waals surface area contributed by atoms with E-state index in [4.69, 9.17) is 0 Å². The molecule has 0 N–H and O–H groups in total. The van der Waals surface area contributed by atoms with Gasteiger partial charge in [-0.2, -0.15) is 12.8 Å². The second kappa shape index (κ2) is 4.02. The maximum absolute atomic E-state index is 13.0. The first-order valence-corrected chi connectivity index (χ1v) is 5.66. The van der Waals surface area contributed by atoms with E-state index in [0.29, 0.717) is 5.56 Å². The minimum atomic E-state index is -3.55. The third-order valence-electron chi connectivity index (χ3n) is 1.65. The summed E-state index contributed by atoms with van der Waals surface area (Å²) >= 11 is 0. The zero-order valence-corrected chi connectivity index (χ0v) is 8.64. The van der Waals surface area contributed by atoms with Gasteiger partial charge >= 0.3 is 0 Å². The molecular weight excluding hydrogens is 209 g/mol. The van der Waals surface area contributed by atoms with E-state index in [1.54, 1.807) is 13.0 Å². The number of pyridine rings is 1. The van der Waals surface area contributed by atoms with Crippen molar-refractivity contribution in [2.45, 2.75) is 13.5 Å². The van der Waals surface area contributed by atoms with Crippen LogP contribution in [-0.2, 0) is 20.9 Å². The Kier molecular flexibility index (Phi) is 3.17. The SMILES string of the molecule is Cc1ccnc(F)c1COS(C)(=O)=O. The molecule has 6 heteroatoms. The van der Waals surface area contributed by atoms with Crippen molar-refractivity contribution >= 4 is 10.1 Å². The van der Waals surface area contributed by atoms with Gasteiger partial charge in [-0.1, -0.05) is 0 Å². The quantitative estimate of drug-likeness (QED) is 0.562. The van der Waals surface area contributed by atoms with Crippen LogP contribution in [-0.4, -0.2) is 19.7 Å². The smallest absolute Gasteiger partial charge is 0.264 e. The van der Waals surface area contributed by atoms with E-state index >= 15 is 0 Å². The fourth-order valence-corrected chi connectivity index (χ4v) is 1.23. The molecule has 0 fully saturated rings. The van der Waals surface area contributed by atoms with Crippen LogP contribution in [0.3, 0.4) is 0 Å². The summed E-state index contributed by atoms with van der Waals surface area (Å²) in [7, 11) is -3.55. The van der Waals surface area contributed by atoms with E-state index in [0.717, 1.165) is 6.26 Å². The van der Waals surface area contributed by atoms with Crippen LogP contribution in [0.4, 0.5) is 4.39 Å². The highest BCUT2D eigenvalue weighted by Crippen LogP contribution is 2.12. The Morgan fingerprint density at radius 2 is 2.21 bits per heavy atom. The van der Waals surface area contributed by atoms with Gasteiger partial charge in [-0.3, -0.25) is 4.18 Å². The van der Waals surface area contributed by atoms with E-state index in [2.05, 4.69) is 9.17 Å². The van der Waals surface area contributed by atoms with Crippen molar-refractivity contribution in [2.24, 2.45) is 0 Å². The monoisotopic (exact) mass is 219 g/mol. The average molecular weight is 219 g/mol. The van der Waals surface area contributed by atoms with Crippen molar-refractivity contribution in [3.8, 4) is 0 Å². The molecule has 0 spiro atoms. The van der Waals surface area contributed by atoms with Gasteiger partial charge < -0.3 is 0 Å². The molecule has 1 aromatic rings. The lowest BCUT2D eigenvalue weighted by atomic mass is 10.2. The van der Waals surface area contributed by atoms with Crippen LogP contribution in [0.2, 0.25) is 0 Å². The zero-order valence-electron chi connectivity index (χ0n) is 7.82. The Morgan fingerprint density at radius 3 is 2.71 bits per heavy atom. The largest absolute Gasteiger partial charge is 0.265 e. The summed E-state index contributed by atoms with van der Waals surface area (Å²) in [5.74, 6) is -0.700. The summed E-state index contributed by atoms with van der Waals surface area (Å²) in [6, 6.07) is 1.59. The molecule has 0 aliphatic carbocycles. The summed E-state index contributed by atoms with van der Waals surface area (Å²) in [5, 5.41) is 0. The van der Waals surface area contributed by atoms with Gasteiger partial charge in [0.2, 0.25) is 5.95 Å². The summed E-state index contributed by atoms with van der Waals surface area (Å²) in [6.07, 6.45) is 2.23. The molecule has 78 valence electrons. The first-order valence-electron chi connectivity index (χ1n) is 3.84. The van der Waals surface area contributed by atoms with E-state index in [9.17, 15) is 12.8 Å². The lowest BCUT2D eigenvalue weighted by molar-refractivity contribution is 0.303. The number of aromatic nitrogens is 1. The molecule has 0 aliphatic heterocycles. The highest BCUT2D eigenvalue weighted by atomic mass is 32.2. The van der Waals surface area contributed by atoms with Gasteiger partial charge in [-0.25, -0.2) is 4.98 Å². The molecule has 1 aromatic heterocycles. The summed E-state index contributed by atoms with van der Waals surface area (Å²) in [6.45, 7) is 1.34. The minimum Gasteiger partial charge on any atom is -0.265 e. The number of hydrogen-bond acceptors (Lipinski definition) is 4. The Hall–Kier alpha value is -1.01. The highest BCUT2D eigenvalue weighted by Gasteiger charge is 2.10. The van der Waals surface area contributed by atoms with Gasteiger partial charge in [0, 0.05) is 11.8 Å². The second-order valence-corrected chi connectivity index (χ2v) is 4.51. The molecule has 0 bridgehead atoms. The van der Waals surface area contributed by atoms with E-state index in [1.807, 2.05) is 0 Å². The van der Waals surface area contributed by atoms with Crippen LogP contribution >= 0.6 is 0 Å². The molecular formula is C8H10FNO3S. The molecule has 0 atom stereocenters. The molecule has 0 unspecified atom stereocenters. The maximum atomic E-state index is 13.0. The highest BCUT2D eigenvalue weighted by molar-refractivity contribution is 7.85. The molecule has 0 amide bonds. The van der Waals surface area contributed by atoms with E-state index in [1.165, 1.54) is 6.20 Å². The lowest BCUT2D eigenvalue weighted by Crippen LogP contribution is -2.06. The molecule has 0 saturated heterocycles. The molecule has 0 radical (unpaired) electrons. The van der Waals surface area contributed by atoms with Crippen LogP contribution in [0.1, 0.15) is 11.1 Å². The predicted molar refractivity (Wildman–Crippen MR) is 48.6 cm³/mol. The van der Waals surface area contributed by atoms with Crippen LogP contribution < -0.4 is 0 Å². The molecule has 0 saturated carbocycles. The van der Waals surface area contributed by atoms with Gasteiger partial charge in [-0.05, 0) is 18.6 Å². The second-order valence-electron chi connectivity index (χ2n) is 2.86. The number of halogens is 1. The van der Waals surface area contributed by atoms with Gasteiger partial charge in [-0.15, -0.1) is 0 Å².